The molecular formula is C24H27N11. The van der Waals surface area contributed by atoms with E-state index in [1.165, 1.54) is 6.33 Å². The van der Waals surface area contributed by atoms with Crippen molar-refractivity contribution < 1.29 is 0 Å². The predicted molar refractivity (Wildman–Crippen MR) is 134 cm³/mol. The lowest BCUT2D eigenvalue weighted by atomic mass is 10.1. The topological polar surface area (TPSA) is 137 Å². The molecule has 0 bridgehead atoms. The highest BCUT2D eigenvalue weighted by atomic mass is 15.3. The molecule has 5 rings (SSSR count). The van der Waals surface area contributed by atoms with Crippen molar-refractivity contribution in [2.24, 2.45) is 0 Å². The summed E-state index contributed by atoms with van der Waals surface area (Å²) in [7, 11) is 2.14. The van der Waals surface area contributed by atoms with Gasteiger partial charge in [0.25, 0.3) is 0 Å². The van der Waals surface area contributed by atoms with E-state index in [9.17, 15) is 5.26 Å². The minimum absolute atomic E-state index is 0.128. The van der Waals surface area contributed by atoms with E-state index >= 15 is 0 Å². The average molecular weight is 470 g/mol. The van der Waals surface area contributed by atoms with Crippen LogP contribution in [0.1, 0.15) is 29.9 Å². The summed E-state index contributed by atoms with van der Waals surface area (Å²) in [5.41, 5.74) is 9.87. The Bertz CT molecular complexity index is 1410. The minimum atomic E-state index is -0.346. The van der Waals surface area contributed by atoms with Crippen molar-refractivity contribution in [1.82, 2.24) is 34.4 Å². The Morgan fingerprint density at radius 1 is 1.14 bits per heavy atom. The lowest BCUT2D eigenvalue weighted by Gasteiger charge is -2.33. The molecule has 11 heteroatoms. The molecule has 11 nitrogen and oxygen atoms in total. The van der Waals surface area contributed by atoms with Gasteiger partial charge >= 0.3 is 0 Å². The van der Waals surface area contributed by atoms with Crippen LogP contribution in [0.2, 0.25) is 0 Å². The number of anilines is 3. The highest BCUT2D eigenvalue weighted by Gasteiger charge is 2.20. The van der Waals surface area contributed by atoms with Gasteiger partial charge in [-0.05, 0) is 44.7 Å². The molecule has 35 heavy (non-hydrogen) atoms. The standard InChI is InChI=1S/C24H27N11/c1-15-5-7-35-21(15)20(17-4-6-27-19(12-17)34-10-8-33(3)9-11-34)31-23(32-35)16(2)30-24-18(13-25)22(26)28-14-29-24/h4-7,12,14,16H,8-11H2,1-3H3,(H3,26,28,29,30)/t16-/m0/s1. The van der Waals surface area contributed by atoms with E-state index < -0.39 is 0 Å². The van der Waals surface area contributed by atoms with Crippen molar-refractivity contribution in [3.63, 3.8) is 0 Å². The summed E-state index contributed by atoms with van der Waals surface area (Å²) in [4.78, 5) is 22.3. The Hall–Kier alpha value is -4.30. The zero-order valence-corrected chi connectivity index (χ0v) is 20.0. The number of nitrogen functional groups attached to an aromatic ring is 1. The van der Waals surface area contributed by atoms with Crippen molar-refractivity contribution >= 4 is 23.0 Å². The third-order valence-electron chi connectivity index (χ3n) is 6.30. The smallest absolute Gasteiger partial charge is 0.171 e. The van der Waals surface area contributed by atoms with Crippen LogP contribution in [-0.2, 0) is 0 Å². The fourth-order valence-electron chi connectivity index (χ4n) is 4.24. The molecule has 0 saturated carbocycles. The van der Waals surface area contributed by atoms with E-state index in [-0.39, 0.29) is 17.4 Å². The quantitative estimate of drug-likeness (QED) is 0.448. The van der Waals surface area contributed by atoms with Gasteiger partial charge in [0.05, 0.1) is 17.3 Å². The number of nitrogens with one attached hydrogen (secondary N) is 1. The molecule has 0 unspecified atom stereocenters. The second kappa shape index (κ2) is 9.15. The van der Waals surface area contributed by atoms with E-state index in [1.807, 2.05) is 36.0 Å². The van der Waals surface area contributed by atoms with Gasteiger partial charge in [0.1, 0.15) is 35.4 Å². The second-order valence-corrected chi connectivity index (χ2v) is 8.76. The van der Waals surface area contributed by atoms with Crippen LogP contribution in [-0.4, -0.2) is 67.7 Å². The van der Waals surface area contributed by atoms with Crippen molar-refractivity contribution in [2.75, 3.05) is 49.2 Å². The summed E-state index contributed by atoms with van der Waals surface area (Å²) < 4.78 is 1.85. The van der Waals surface area contributed by atoms with Crippen LogP contribution < -0.4 is 16.0 Å². The van der Waals surface area contributed by atoms with E-state index in [1.54, 1.807) is 0 Å². The number of piperazine rings is 1. The van der Waals surface area contributed by atoms with E-state index in [0.717, 1.165) is 54.3 Å². The van der Waals surface area contributed by atoms with Gasteiger partial charge in [-0.25, -0.2) is 24.5 Å². The molecule has 0 aromatic carbocycles. The largest absolute Gasteiger partial charge is 0.382 e. The van der Waals surface area contributed by atoms with E-state index in [0.29, 0.717) is 11.6 Å². The van der Waals surface area contributed by atoms with Gasteiger partial charge in [-0.2, -0.15) is 10.4 Å². The van der Waals surface area contributed by atoms with Crippen LogP contribution in [0.15, 0.2) is 36.9 Å². The van der Waals surface area contributed by atoms with Gasteiger partial charge in [0.15, 0.2) is 5.82 Å². The number of likely N-dealkylation sites (N-methyl/N-ethyl adjacent to an activating group) is 1. The summed E-state index contributed by atoms with van der Waals surface area (Å²) in [6.07, 6.45) is 5.09. The number of rotatable bonds is 5. The van der Waals surface area contributed by atoms with Crippen molar-refractivity contribution in [3.8, 4) is 17.3 Å². The average Bonchev–Trinajstić information content (AvgIpc) is 3.25. The maximum atomic E-state index is 9.47. The number of nitrogens with zero attached hydrogens (tertiary/aromatic N) is 9. The molecule has 0 amide bonds. The molecule has 1 aliphatic heterocycles. The van der Waals surface area contributed by atoms with Crippen molar-refractivity contribution in [3.05, 3.63) is 53.9 Å². The second-order valence-electron chi connectivity index (χ2n) is 8.76. The molecule has 1 saturated heterocycles. The number of nitrogens with two attached hydrogens (primary N) is 1. The highest BCUT2D eigenvalue weighted by molar-refractivity contribution is 5.80. The molecule has 178 valence electrons. The van der Waals surface area contributed by atoms with Crippen LogP contribution in [0.5, 0.6) is 0 Å². The van der Waals surface area contributed by atoms with Gasteiger partial charge in [0, 0.05) is 44.1 Å². The molecular weight excluding hydrogens is 442 g/mol. The first-order chi connectivity index (χ1) is 16.9. The Balaban J connectivity index is 1.54. The predicted octanol–water partition coefficient (Wildman–Crippen LogP) is 2.27. The number of aromatic nitrogens is 6. The summed E-state index contributed by atoms with van der Waals surface area (Å²) in [6.45, 7) is 7.86. The third-order valence-corrected chi connectivity index (χ3v) is 6.30. The molecule has 1 aliphatic rings. The monoisotopic (exact) mass is 469 g/mol. The van der Waals surface area contributed by atoms with Crippen molar-refractivity contribution in [1.29, 1.82) is 5.26 Å². The lowest BCUT2D eigenvalue weighted by molar-refractivity contribution is 0.312. The van der Waals surface area contributed by atoms with Gasteiger partial charge in [-0.15, -0.1) is 0 Å². The molecule has 5 heterocycles. The molecule has 3 N–H and O–H groups in total. The Labute approximate surface area is 203 Å². The van der Waals surface area contributed by atoms with E-state index in [2.05, 4.69) is 56.2 Å². The molecule has 0 aliphatic carbocycles. The molecule has 4 aromatic heterocycles. The summed E-state index contributed by atoms with van der Waals surface area (Å²) >= 11 is 0. The van der Waals surface area contributed by atoms with Gasteiger partial charge < -0.3 is 20.9 Å². The number of hydrogen-bond acceptors (Lipinski definition) is 10. The number of aryl methyl sites for hydroxylation is 1. The van der Waals surface area contributed by atoms with Crippen LogP contribution >= 0.6 is 0 Å². The van der Waals surface area contributed by atoms with Crippen LogP contribution in [0, 0.1) is 18.3 Å². The first-order valence-electron chi connectivity index (χ1n) is 11.5. The summed E-state index contributed by atoms with van der Waals surface area (Å²) in [5, 5.41) is 17.4. The molecule has 1 fully saturated rings. The Morgan fingerprint density at radius 2 is 1.94 bits per heavy atom. The Morgan fingerprint density at radius 3 is 2.71 bits per heavy atom. The normalized spacial score (nSPS) is 15.2. The van der Waals surface area contributed by atoms with Crippen molar-refractivity contribution in [2.45, 2.75) is 19.9 Å². The lowest BCUT2D eigenvalue weighted by Crippen LogP contribution is -2.44. The van der Waals surface area contributed by atoms with Crippen LogP contribution in [0.4, 0.5) is 17.5 Å². The first-order valence-corrected chi connectivity index (χ1v) is 11.5. The number of nitriles is 1. The zero-order chi connectivity index (χ0) is 24.5. The van der Waals surface area contributed by atoms with Crippen LogP contribution in [0.25, 0.3) is 16.8 Å². The maximum absolute atomic E-state index is 9.47. The zero-order valence-electron chi connectivity index (χ0n) is 20.0. The SMILES string of the molecule is Cc1ccn2nc([C@H](C)Nc3ncnc(N)c3C#N)nc(-c3ccnc(N4CCN(C)CC4)c3)c12. The Kier molecular flexibility index (Phi) is 5.88. The molecule has 0 spiro atoms. The molecule has 0 radical (unpaired) electrons. The number of pyridine rings is 1. The van der Waals surface area contributed by atoms with Gasteiger partial charge in [-0.3, -0.25) is 0 Å². The number of fused-ring (bicyclic) bond motifs is 1. The summed E-state index contributed by atoms with van der Waals surface area (Å²) in [6, 6.07) is 7.82. The van der Waals surface area contributed by atoms with Gasteiger partial charge in [-0.1, -0.05) is 0 Å². The summed E-state index contributed by atoms with van der Waals surface area (Å²) in [5.74, 6) is 1.98. The number of hydrogen-bond donors (Lipinski definition) is 2. The van der Waals surface area contributed by atoms with Crippen LogP contribution in [0.3, 0.4) is 0 Å². The minimum Gasteiger partial charge on any atom is -0.382 e. The molecule has 1 atom stereocenters. The molecule has 4 aromatic rings. The highest BCUT2D eigenvalue weighted by Crippen LogP contribution is 2.29. The van der Waals surface area contributed by atoms with E-state index in [4.69, 9.17) is 15.8 Å². The van der Waals surface area contributed by atoms with Gasteiger partial charge in [0.2, 0.25) is 0 Å². The first kappa shape index (κ1) is 22.5. The maximum Gasteiger partial charge on any atom is 0.171 e. The fraction of sp³-hybridized carbons (Fsp3) is 0.333. The fourth-order valence-corrected chi connectivity index (χ4v) is 4.24. The third kappa shape index (κ3) is 4.31.